The molecule has 3 aromatic rings. The molecular formula is C18H13FN4O3. The van der Waals surface area contributed by atoms with E-state index in [9.17, 15) is 9.18 Å². The van der Waals surface area contributed by atoms with Crippen LogP contribution in [0, 0.1) is 5.82 Å². The topological polar surface area (TPSA) is 85.4 Å². The molecular weight excluding hydrogens is 339 g/mol. The van der Waals surface area contributed by atoms with Gasteiger partial charge in [0, 0.05) is 29.8 Å². The molecule has 0 radical (unpaired) electrons. The van der Waals surface area contributed by atoms with Gasteiger partial charge < -0.3 is 20.1 Å². The van der Waals surface area contributed by atoms with Gasteiger partial charge in [-0.2, -0.15) is 0 Å². The zero-order valence-corrected chi connectivity index (χ0v) is 13.4. The Kier molecular flexibility index (Phi) is 4.06. The number of anilines is 3. The fraction of sp³-hybridized carbons (Fsp3) is 0.0556. The van der Waals surface area contributed by atoms with Gasteiger partial charge in [-0.1, -0.05) is 0 Å². The molecule has 0 spiro atoms. The van der Waals surface area contributed by atoms with E-state index in [-0.39, 0.29) is 18.5 Å². The Bertz CT molecular complexity index is 946. The number of carbonyl (C=O) groups is 1. The van der Waals surface area contributed by atoms with Gasteiger partial charge in [0.25, 0.3) is 5.91 Å². The fourth-order valence-electron chi connectivity index (χ4n) is 2.35. The Morgan fingerprint density at radius 1 is 0.962 bits per heavy atom. The zero-order valence-electron chi connectivity index (χ0n) is 13.4. The van der Waals surface area contributed by atoms with Gasteiger partial charge in [-0.3, -0.25) is 4.79 Å². The molecule has 0 fully saturated rings. The predicted octanol–water partition coefficient (Wildman–Crippen LogP) is 3.34. The number of ether oxygens (including phenoxy) is 2. The van der Waals surface area contributed by atoms with Crippen LogP contribution in [0.1, 0.15) is 10.4 Å². The molecule has 0 atom stereocenters. The monoisotopic (exact) mass is 352 g/mol. The summed E-state index contributed by atoms with van der Waals surface area (Å²) in [5, 5.41) is 5.67. The van der Waals surface area contributed by atoms with Crippen LogP contribution in [0.15, 0.2) is 54.9 Å². The van der Waals surface area contributed by atoms with Crippen molar-refractivity contribution in [2.45, 2.75) is 0 Å². The summed E-state index contributed by atoms with van der Waals surface area (Å²) in [5.74, 6) is 0.848. The molecule has 1 aliphatic heterocycles. The Morgan fingerprint density at radius 3 is 2.42 bits per heavy atom. The Hall–Kier alpha value is -3.68. The maximum absolute atomic E-state index is 12.9. The minimum absolute atomic E-state index is 0.170. The molecule has 4 rings (SSSR count). The van der Waals surface area contributed by atoms with Crippen LogP contribution in [-0.4, -0.2) is 22.7 Å². The molecule has 26 heavy (non-hydrogen) atoms. The largest absolute Gasteiger partial charge is 0.454 e. The van der Waals surface area contributed by atoms with Crippen LogP contribution in [0.5, 0.6) is 11.5 Å². The second-order valence-corrected chi connectivity index (χ2v) is 5.45. The van der Waals surface area contributed by atoms with E-state index in [0.717, 1.165) is 0 Å². The lowest BCUT2D eigenvalue weighted by Gasteiger charge is -2.07. The first-order chi connectivity index (χ1) is 12.7. The van der Waals surface area contributed by atoms with Crippen molar-refractivity contribution < 1.29 is 18.7 Å². The molecule has 8 heteroatoms. The van der Waals surface area contributed by atoms with Gasteiger partial charge in [0.2, 0.25) is 12.7 Å². The average Bonchev–Trinajstić information content (AvgIpc) is 3.12. The summed E-state index contributed by atoms with van der Waals surface area (Å²) < 4.78 is 23.4. The molecule has 2 heterocycles. The summed E-state index contributed by atoms with van der Waals surface area (Å²) in [7, 11) is 0. The van der Waals surface area contributed by atoms with Crippen molar-refractivity contribution in [3.05, 3.63) is 66.2 Å². The quantitative estimate of drug-likeness (QED) is 0.749. The summed E-state index contributed by atoms with van der Waals surface area (Å²) in [5.41, 5.74) is 1.52. The van der Waals surface area contributed by atoms with E-state index in [4.69, 9.17) is 9.47 Å². The molecule has 1 amide bonds. The number of fused-ring (bicyclic) bond motifs is 1. The van der Waals surface area contributed by atoms with Crippen molar-refractivity contribution in [1.29, 1.82) is 0 Å². The van der Waals surface area contributed by atoms with Crippen molar-refractivity contribution in [1.82, 2.24) is 9.97 Å². The zero-order chi connectivity index (χ0) is 17.9. The van der Waals surface area contributed by atoms with Gasteiger partial charge in [0.15, 0.2) is 11.5 Å². The lowest BCUT2D eigenvalue weighted by atomic mass is 10.2. The van der Waals surface area contributed by atoms with E-state index in [0.29, 0.717) is 34.4 Å². The smallest absolute Gasteiger partial charge is 0.258 e. The van der Waals surface area contributed by atoms with E-state index >= 15 is 0 Å². The number of hydrogen-bond donors (Lipinski definition) is 2. The summed E-state index contributed by atoms with van der Waals surface area (Å²) in [6.07, 6.45) is 2.81. The van der Waals surface area contributed by atoms with E-state index in [1.54, 1.807) is 30.3 Å². The van der Waals surface area contributed by atoms with Gasteiger partial charge in [0.05, 0.1) is 5.56 Å². The third kappa shape index (κ3) is 3.39. The molecule has 0 aliphatic carbocycles. The number of rotatable bonds is 4. The summed E-state index contributed by atoms with van der Waals surface area (Å²) in [4.78, 5) is 20.5. The van der Waals surface area contributed by atoms with Gasteiger partial charge >= 0.3 is 0 Å². The molecule has 7 nitrogen and oxygen atoms in total. The van der Waals surface area contributed by atoms with Gasteiger partial charge in [0.1, 0.15) is 5.82 Å². The van der Waals surface area contributed by atoms with Gasteiger partial charge in [-0.05, 0) is 36.4 Å². The van der Waals surface area contributed by atoms with Crippen LogP contribution in [-0.2, 0) is 0 Å². The standard InChI is InChI=1S/C18H13FN4O3/c19-12-1-3-13(4-2-12)23-18-20-8-11(9-21-18)17(24)22-14-5-6-15-16(7-14)26-10-25-15/h1-9H,10H2,(H,22,24)(H,20,21,23). The van der Waals surface area contributed by atoms with Crippen molar-refractivity contribution in [2.75, 3.05) is 17.4 Å². The third-order valence-corrected chi connectivity index (χ3v) is 3.64. The van der Waals surface area contributed by atoms with Crippen molar-refractivity contribution in [2.24, 2.45) is 0 Å². The second-order valence-electron chi connectivity index (χ2n) is 5.45. The minimum atomic E-state index is -0.350. The van der Waals surface area contributed by atoms with E-state index in [1.807, 2.05) is 0 Å². The highest BCUT2D eigenvalue weighted by Crippen LogP contribution is 2.34. The SMILES string of the molecule is O=C(Nc1ccc2c(c1)OCO2)c1cnc(Nc2ccc(F)cc2)nc1. The second kappa shape index (κ2) is 6.67. The lowest BCUT2D eigenvalue weighted by molar-refractivity contribution is 0.102. The Labute approximate surface area is 147 Å². The molecule has 0 saturated heterocycles. The van der Waals surface area contributed by atoms with Gasteiger partial charge in [-0.25, -0.2) is 14.4 Å². The van der Waals surface area contributed by atoms with Crippen LogP contribution < -0.4 is 20.1 Å². The first kappa shape index (κ1) is 15.8. The molecule has 130 valence electrons. The van der Waals surface area contributed by atoms with Crippen LogP contribution in [0.4, 0.5) is 21.7 Å². The normalized spacial score (nSPS) is 11.9. The highest BCUT2D eigenvalue weighted by molar-refractivity contribution is 6.04. The number of nitrogens with one attached hydrogen (secondary N) is 2. The van der Waals surface area contributed by atoms with Crippen molar-refractivity contribution in [3.8, 4) is 11.5 Å². The van der Waals surface area contributed by atoms with E-state index in [1.165, 1.54) is 24.5 Å². The highest BCUT2D eigenvalue weighted by Gasteiger charge is 2.15. The van der Waals surface area contributed by atoms with Crippen LogP contribution in [0.25, 0.3) is 0 Å². The molecule has 1 aromatic heterocycles. The van der Waals surface area contributed by atoms with Crippen LogP contribution in [0.3, 0.4) is 0 Å². The molecule has 0 unspecified atom stereocenters. The van der Waals surface area contributed by atoms with E-state index in [2.05, 4.69) is 20.6 Å². The third-order valence-electron chi connectivity index (χ3n) is 3.64. The highest BCUT2D eigenvalue weighted by atomic mass is 19.1. The summed E-state index contributed by atoms with van der Waals surface area (Å²) >= 11 is 0. The maximum atomic E-state index is 12.9. The first-order valence-corrected chi connectivity index (χ1v) is 7.73. The number of aromatic nitrogens is 2. The van der Waals surface area contributed by atoms with Gasteiger partial charge in [-0.15, -0.1) is 0 Å². The first-order valence-electron chi connectivity index (χ1n) is 7.73. The Morgan fingerprint density at radius 2 is 1.65 bits per heavy atom. The number of hydrogen-bond acceptors (Lipinski definition) is 6. The molecule has 1 aliphatic rings. The lowest BCUT2D eigenvalue weighted by Crippen LogP contribution is -2.13. The number of carbonyl (C=O) groups excluding carboxylic acids is 1. The fourth-order valence-corrected chi connectivity index (χ4v) is 2.35. The van der Waals surface area contributed by atoms with E-state index < -0.39 is 0 Å². The number of halogens is 1. The van der Waals surface area contributed by atoms with Crippen LogP contribution in [0.2, 0.25) is 0 Å². The maximum Gasteiger partial charge on any atom is 0.258 e. The van der Waals surface area contributed by atoms with Crippen molar-refractivity contribution in [3.63, 3.8) is 0 Å². The summed E-state index contributed by atoms with van der Waals surface area (Å²) in [6, 6.07) is 10.9. The number of nitrogens with zero attached hydrogens (tertiary/aromatic N) is 2. The molecule has 0 bridgehead atoms. The van der Waals surface area contributed by atoms with Crippen molar-refractivity contribution >= 4 is 23.2 Å². The minimum Gasteiger partial charge on any atom is -0.454 e. The predicted molar refractivity (Wildman–Crippen MR) is 92.2 cm³/mol. The number of benzene rings is 2. The average molecular weight is 352 g/mol. The molecule has 0 saturated carbocycles. The molecule has 2 aromatic carbocycles. The summed E-state index contributed by atoms with van der Waals surface area (Å²) in [6.45, 7) is 0.170. The number of amides is 1. The van der Waals surface area contributed by atoms with Crippen LogP contribution >= 0.6 is 0 Å². The Balaban J connectivity index is 1.42. The molecule has 2 N–H and O–H groups in total.